The summed E-state index contributed by atoms with van der Waals surface area (Å²) in [7, 11) is 0. The van der Waals surface area contributed by atoms with Gasteiger partial charge in [0.05, 0.1) is 5.56 Å². The number of carbonyl (C=O) groups excluding carboxylic acids is 2. The van der Waals surface area contributed by atoms with Crippen LogP contribution >= 0.6 is 0 Å². The van der Waals surface area contributed by atoms with Gasteiger partial charge in [-0.25, -0.2) is 0 Å². The summed E-state index contributed by atoms with van der Waals surface area (Å²) in [4.78, 5) is 24.3. The minimum atomic E-state index is -0.281. The van der Waals surface area contributed by atoms with Crippen molar-refractivity contribution in [2.24, 2.45) is 0 Å². The summed E-state index contributed by atoms with van der Waals surface area (Å²) < 4.78 is 5.64. The van der Waals surface area contributed by atoms with Crippen LogP contribution in [0.4, 0.5) is 0 Å². The van der Waals surface area contributed by atoms with E-state index in [2.05, 4.69) is 10.6 Å². The van der Waals surface area contributed by atoms with Gasteiger partial charge < -0.3 is 20.5 Å². The first-order valence-electron chi connectivity index (χ1n) is 8.51. The predicted octanol–water partition coefficient (Wildman–Crippen LogP) is 1.61. The molecule has 0 atom stereocenters. The Hall–Kier alpha value is -2.60. The minimum Gasteiger partial charge on any atom is -0.483 e. The van der Waals surface area contributed by atoms with Crippen molar-refractivity contribution in [1.82, 2.24) is 10.6 Å². The molecule has 0 heterocycles. The number of benzene rings is 2. The first-order valence-corrected chi connectivity index (χ1v) is 8.51. The van der Waals surface area contributed by atoms with Crippen LogP contribution in [0.1, 0.15) is 29.6 Å². The van der Waals surface area contributed by atoms with Crippen molar-refractivity contribution < 1.29 is 19.4 Å². The van der Waals surface area contributed by atoms with Crippen LogP contribution in [0.5, 0.6) is 5.75 Å². The number of ether oxygens (including phenoxy) is 1. The van der Waals surface area contributed by atoms with Gasteiger partial charge in [0.1, 0.15) is 5.75 Å². The second kappa shape index (κ2) is 7.98. The standard InChI is InChI=1S/C19H22N2O4/c22-9-3-8-20-19(24)16-10-13-4-1-2-5-14(13)11-17(16)25-12-18(23)21-15-6-7-15/h1-2,4-5,10-11,15,22H,3,6-9,12H2,(H,20,24)(H,21,23). The van der Waals surface area contributed by atoms with E-state index in [1.807, 2.05) is 24.3 Å². The quantitative estimate of drug-likeness (QED) is 0.636. The van der Waals surface area contributed by atoms with E-state index in [1.54, 1.807) is 12.1 Å². The van der Waals surface area contributed by atoms with Crippen LogP contribution in [-0.2, 0) is 4.79 Å². The zero-order chi connectivity index (χ0) is 17.6. The highest BCUT2D eigenvalue weighted by atomic mass is 16.5. The Morgan fingerprint density at radius 3 is 2.56 bits per heavy atom. The zero-order valence-corrected chi connectivity index (χ0v) is 14.0. The van der Waals surface area contributed by atoms with Crippen LogP contribution in [0.25, 0.3) is 10.8 Å². The average molecular weight is 342 g/mol. The number of aliphatic hydroxyl groups is 1. The lowest BCUT2D eigenvalue weighted by Gasteiger charge is -2.13. The van der Waals surface area contributed by atoms with Gasteiger partial charge in [0.2, 0.25) is 0 Å². The fraction of sp³-hybridized carbons (Fsp3) is 0.368. The molecule has 6 heteroatoms. The van der Waals surface area contributed by atoms with E-state index in [0.717, 1.165) is 23.6 Å². The van der Waals surface area contributed by atoms with Crippen molar-refractivity contribution in [3.63, 3.8) is 0 Å². The number of amides is 2. The second-order valence-electron chi connectivity index (χ2n) is 6.16. The molecular formula is C19H22N2O4. The van der Waals surface area contributed by atoms with Crippen LogP contribution in [0.15, 0.2) is 36.4 Å². The Bertz CT molecular complexity index is 771. The second-order valence-corrected chi connectivity index (χ2v) is 6.16. The van der Waals surface area contributed by atoms with Crippen LogP contribution < -0.4 is 15.4 Å². The number of carbonyl (C=O) groups is 2. The van der Waals surface area contributed by atoms with Crippen molar-refractivity contribution in [2.45, 2.75) is 25.3 Å². The van der Waals surface area contributed by atoms with Crippen molar-refractivity contribution in [1.29, 1.82) is 0 Å². The monoisotopic (exact) mass is 342 g/mol. The van der Waals surface area contributed by atoms with Crippen LogP contribution in [0.2, 0.25) is 0 Å². The average Bonchev–Trinajstić information content (AvgIpc) is 3.43. The third-order valence-corrected chi connectivity index (χ3v) is 4.01. The lowest BCUT2D eigenvalue weighted by atomic mass is 10.1. The molecule has 2 aromatic rings. The lowest BCUT2D eigenvalue weighted by molar-refractivity contribution is -0.123. The van der Waals surface area contributed by atoms with E-state index >= 15 is 0 Å². The molecule has 0 spiro atoms. The maximum absolute atomic E-state index is 12.4. The SMILES string of the molecule is O=C(COc1cc2ccccc2cc1C(=O)NCCCO)NC1CC1. The molecule has 6 nitrogen and oxygen atoms in total. The van der Waals surface area contributed by atoms with Gasteiger partial charge in [-0.05, 0) is 42.2 Å². The van der Waals surface area contributed by atoms with Crippen LogP contribution in [-0.4, -0.2) is 42.7 Å². The maximum atomic E-state index is 12.4. The van der Waals surface area contributed by atoms with E-state index in [0.29, 0.717) is 24.3 Å². The highest BCUT2D eigenvalue weighted by Crippen LogP contribution is 2.26. The summed E-state index contributed by atoms with van der Waals surface area (Å²) in [5.74, 6) is -0.0785. The first-order chi connectivity index (χ1) is 12.2. The maximum Gasteiger partial charge on any atom is 0.258 e. The summed E-state index contributed by atoms with van der Waals surface area (Å²) in [6.07, 6.45) is 2.51. The number of hydrogen-bond acceptors (Lipinski definition) is 4. The van der Waals surface area contributed by atoms with Gasteiger partial charge in [-0.3, -0.25) is 9.59 Å². The van der Waals surface area contributed by atoms with Gasteiger partial charge >= 0.3 is 0 Å². The van der Waals surface area contributed by atoms with E-state index in [4.69, 9.17) is 9.84 Å². The van der Waals surface area contributed by atoms with E-state index < -0.39 is 0 Å². The topological polar surface area (TPSA) is 87.7 Å². The van der Waals surface area contributed by atoms with Gasteiger partial charge in [0.25, 0.3) is 11.8 Å². The van der Waals surface area contributed by atoms with Crippen molar-refractivity contribution in [3.05, 3.63) is 42.0 Å². The molecule has 3 rings (SSSR count). The molecule has 0 saturated heterocycles. The van der Waals surface area contributed by atoms with E-state index in [1.165, 1.54) is 0 Å². The Morgan fingerprint density at radius 2 is 1.88 bits per heavy atom. The third kappa shape index (κ3) is 4.70. The van der Waals surface area contributed by atoms with Crippen LogP contribution in [0.3, 0.4) is 0 Å². The lowest BCUT2D eigenvalue weighted by Crippen LogP contribution is -2.31. The van der Waals surface area contributed by atoms with Crippen LogP contribution in [0, 0.1) is 0 Å². The molecule has 132 valence electrons. The third-order valence-electron chi connectivity index (χ3n) is 4.01. The Labute approximate surface area is 146 Å². The van der Waals surface area contributed by atoms with Gasteiger partial charge in [-0.2, -0.15) is 0 Å². The van der Waals surface area contributed by atoms with Gasteiger partial charge in [0, 0.05) is 19.2 Å². The molecule has 1 fully saturated rings. The van der Waals surface area contributed by atoms with Gasteiger partial charge in [0.15, 0.2) is 6.61 Å². The smallest absolute Gasteiger partial charge is 0.258 e. The molecule has 0 aromatic heterocycles. The fourth-order valence-corrected chi connectivity index (χ4v) is 2.53. The number of fused-ring (bicyclic) bond motifs is 1. The molecule has 1 saturated carbocycles. The summed E-state index contributed by atoms with van der Waals surface area (Å²) >= 11 is 0. The zero-order valence-electron chi connectivity index (χ0n) is 14.0. The Balaban J connectivity index is 1.78. The largest absolute Gasteiger partial charge is 0.483 e. The summed E-state index contributed by atoms with van der Waals surface area (Å²) in [6.45, 7) is 0.276. The number of aliphatic hydroxyl groups excluding tert-OH is 1. The van der Waals surface area contributed by atoms with Gasteiger partial charge in [-0.1, -0.05) is 24.3 Å². The number of rotatable bonds is 8. The molecule has 1 aliphatic rings. The molecule has 0 aliphatic heterocycles. The first kappa shape index (κ1) is 17.2. The molecule has 25 heavy (non-hydrogen) atoms. The number of nitrogens with one attached hydrogen (secondary N) is 2. The molecule has 2 aromatic carbocycles. The summed E-state index contributed by atoms with van der Waals surface area (Å²) in [5.41, 5.74) is 0.385. The minimum absolute atomic E-state index is 0.0166. The molecule has 0 bridgehead atoms. The number of hydrogen-bond donors (Lipinski definition) is 3. The molecule has 2 amide bonds. The molecule has 0 unspecified atom stereocenters. The molecule has 0 radical (unpaired) electrons. The van der Waals surface area contributed by atoms with E-state index in [9.17, 15) is 9.59 Å². The molecule has 1 aliphatic carbocycles. The normalized spacial score (nSPS) is 13.5. The van der Waals surface area contributed by atoms with Gasteiger partial charge in [-0.15, -0.1) is 0 Å². The molecule has 3 N–H and O–H groups in total. The van der Waals surface area contributed by atoms with Crippen molar-refractivity contribution in [2.75, 3.05) is 19.8 Å². The van der Waals surface area contributed by atoms with E-state index in [-0.39, 0.29) is 31.1 Å². The summed E-state index contributed by atoms with van der Waals surface area (Å²) in [5, 5.41) is 16.3. The predicted molar refractivity (Wildman–Crippen MR) is 94.6 cm³/mol. The van der Waals surface area contributed by atoms with Crippen molar-refractivity contribution in [3.8, 4) is 5.75 Å². The molecular weight excluding hydrogens is 320 g/mol. The Kier molecular flexibility index (Phi) is 5.50. The fourth-order valence-electron chi connectivity index (χ4n) is 2.53. The Morgan fingerprint density at radius 1 is 1.16 bits per heavy atom. The van der Waals surface area contributed by atoms with Crippen molar-refractivity contribution >= 4 is 22.6 Å². The highest BCUT2D eigenvalue weighted by molar-refractivity contribution is 6.01. The summed E-state index contributed by atoms with van der Waals surface area (Å²) in [6, 6.07) is 11.5. The highest BCUT2D eigenvalue weighted by Gasteiger charge is 2.23.